The molecule has 0 saturated carbocycles. The molecule has 0 fully saturated rings. The maximum Gasteiger partial charge on any atom is 0.345 e. The number of nitrogens with one attached hydrogen (secondary N) is 1. The van der Waals surface area contributed by atoms with Crippen LogP contribution in [0.5, 0.6) is 0 Å². The fraction of sp³-hybridized carbons (Fsp3) is 0.300. The number of halogens is 1. The van der Waals surface area contributed by atoms with Gasteiger partial charge in [0.05, 0.1) is 7.11 Å². The molecular weight excluding hydrogens is 216 g/mol. The first-order valence-electron chi connectivity index (χ1n) is 4.39. The van der Waals surface area contributed by atoms with E-state index in [0.29, 0.717) is 10.7 Å². The number of benzene rings is 1. The van der Waals surface area contributed by atoms with Crippen molar-refractivity contribution >= 4 is 23.3 Å². The van der Waals surface area contributed by atoms with Gasteiger partial charge in [-0.15, -0.1) is 0 Å². The molecule has 0 aliphatic rings. The smallest absolute Gasteiger partial charge is 0.306 e. The molecule has 0 aliphatic heterocycles. The number of hydrogen-bond acceptors (Lipinski definition) is 2. The van der Waals surface area contributed by atoms with Crippen LogP contribution >= 0.6 is 11.6 Å². The van der Waals surface area contributed by atoms with E-state index in [1.54, 1.807) is 12.1 Å². The van der Waals surface area contributed by atoms with Crippen LogP contribution in [0, 0.1) is 6.92 Å². The Morgan fingerprint density at radius 3 is 2.73 bits per heavy atom. The average Bonchev–Trinajstić information content (AvgIpc) is 2.22. The molecule has 0 radical (unpaired) electrons. The molecular formula is C10H13ClN2O2. The number of hydrogen-bond donors (Lipinski definition) is 1. The molecule has 2 amide bonds. The number of hydroxylamine groups is 2. The van der Waals surface area contributed by atoms with Crippen molar-refractivity contribution < 1.29 is 9.63 Å². The quantitative estimate of drug-likeness (QED) is 0.791. The minimum absolute atomic E-state index is 0.350. The Bertz CT molecular complexity index is 368. The van der Waals surface area contributed by atoms with Crippen molar-refractivity contribution in [1.29, 1.82) is 0 Å². The Kier molecular flexibility index (Phi) is 3.94. The van der Waals surface area contributed by atoms with Gasteiger partial charge in [-0.3, -0.25) is 4.84 Å². The summed E-state index contributed by atoms with van der Waals surface area (Å²) in [6, 6.07) is 4.96. The zero-order valence-electron chi connectivity index (χ0n) is 8.87. The topological polar surface area (TPSA) is 41.6 Å². The van der Waals surface area contributed by atoms with E-state index in [1.807, 2.05) is 13.0 Å². The molecule has 1 rings (SSSR count). The van der Waals surface area contributed by atoms with Crippen molar-refractivity contribution in [3.63, 3.8) is 0 Å². The Morgan fingerprint density at radius 2 is 2.20 bits per heavy atom. The minimum Gasteiger partial charge on any atom is -0.306 e. The number of amides is 2. The predicted molar refractivity (Wildman–Crippen MR) is 60.0 cm³/mol. The highest BCUT2D eigenvalue weighted by Crippen LogP contribution is 2.20. The molecule has 0 heterocycles. The highest BCUT2D eigenvalue weighted by Gasteiger charge is 2.07. The summed E-state index contributed by atoms with van der Waals surface area (Å²) in [5.74, 6) is 0. The number of carbonyl (C=O) groups is 1. The third kappa shape index (κ3) is 3.11. The summed E-state index contributed by atoms with van der Waals surface area (Å²) in [6.07, 6.45) is 0. The van der Waals surface area contributed by atoms with E-state index < -0.39 is 0 Å². The first-order chi connectivity index (χ1) is 7.04. The molecule has 1 N–H and O–H groups in total. The maximum atomic E-state index is 11.4. The fourth-order valence-electron chi connectivity index (χ4n) is 0.956. The van der Waals surface area contributed by atoms with Crippen molar-refractivity contribution in [3.05, 3.63) is 28.8 Å². The van der Waals surface area contributed by atoms with Crippen molar-refractivity contribution in [2.24, 2.45) is 0 Å². The van der Waals surface area contributed by atoms with E-state index in [9.17, 15) is 4.79 Å². The molecule has 1 aromatic rings. The van der Waals surface area contributed by atoms with Crippen LogP contribution in [0.15, 0.2) is 18.2 Å². The maximum absolute atomic E-state index is 11.4. The third-order valence-corrected chi connectivity index (χ3v) is 2.39. The third-order valence-electron chi connectivity index (χ3n) is 1.98. The van der Waals surface area contributed by atoms with E-state index in [4.69, 9.17) is 16.4 Å². The van der Waals surface area contributed by atoms with Crippen LogP contribution < -0.4 is 5.32 Å². The normalized spacial score (nSPS) is 9.87. The SMILES string of the molecule is CON(C)C(=O)Nc1ccc(C)c(Cl)c1. The predicted octanol–water partition coefficient (Wildman–Crippen LogP) is 2.67. The van der Waals surface area contributed by atoms with Gasteiger partial charge in [-0.25, -0.2) is 9.86 Å². The standard InChI is InChI=1S/C10H13ClN2O2/c1-7-4-5-8(6-9(7)11)12-10(14)13(2)15-3/h4-6H,1-3H3,(H,12,14). The molecule has 0 unspecified atom stereocenters. The number of nitrogens with zero attached hydrogens (tertiary/aromatic N) is 1. The van der Waals surface area contributed by atoms with Gasteiger partial charge in [-0.05, 0) is 24.6 Å². The molecule has 0 bridgehead atoms. The fourth-order valence-corrected chi connectivity index (χ4v) is 1.14. The Hall–Kier alpha value is -1.26. The second-order valence-electron chi connectivity index (χ2n) is 3.07. The summed E-state index contributed by atoms with van der Waals surface area (Å²) in [5, 5.41) is 4.35. The molecule has 15 heavy (non-hydrogen) atoms. The molecule has 1 aromatic carbocycles. The molecule has 82 valence electrons. The van der Waals surface area contributed by atoms with E-state index in [0.717, 1.165) is 10.6 Å². The molecule has 0 saturated heterocycles. The second kappa shape index (κ2) is 5.00. The van der Waals surface area contributed by atoms with Gasteiger partial charge in [0.15, 0.2) is 0 Å². The summed E-state index contributed by atoms with van der Waals surface area (Å²) in [7, 11) is 2.94. The number of anilines is 1. The highest BCUT2D eigenvalue weighted by atomic mass is 35.5. The number of rotatable bonds is 2. The van der Waals surface area contributed by atoms with E-state index in [-0.39, 0.29) is 6.03 Å². The molecule has 0 spiro atoms. The Labute approximate surface area is 93.7 Å². The van der Waals surface area contributed by atoms with E-state index in [2.05, 4.69) is 5.32 Å². The van der Waals surface area contributed by atoms with Gasteiger partial charge in [-0.1, -0.05) is 17.7 Å². The zero-order valence-corrected chi connectivity index (χ0v) is 9.63. The second-order valence-corrected chi connectivity index (χ2v) is 3.48. The first-order valence-corrected chi connectivity index (χ1v) is 4.77. The lowest BCUT2D eigenvalue weighted by molar-refractivity contribution is -0.0598. The number of aryl methyl sites for hydroxylation is 1. The van der Waals surface area contributed by atoms with Crippen LogP contribution in [0.4, 0.5) is 10.5 Å². The molecule has 0 aliphatic carbocycles. The lowest BCUT2D eigenvalue weighted by Gasteiger charge is -2.14. The van der Waals surface area contributed by atoms with Crippen LogP contribution in [-0.4, -0.2) is 25.3 Å². The Balaban J connectivity index is 2.73. The van der Waals surface area contributed by atoms with Gasteiger partial charge in [-0.2, -0.15) is 0 Å². The van der Waals surface area contributed by atoms with Crippen LogP contribution in [0.25, 0.3) is 0 Å². The van der Waals surface area contributed by atoms with Gasteiger partial charge >= 0.3 is 6.03 Å². The van der Waals surface area contributed by atoms with Crippen LogP contribution in [0.1, 0.15) is 5.56 Å². The summed E-state index contributed by atoms with van der Waals surface area (Å²) in [4.78, 5) is 16.1. The average molecular weight is 229 g/mol. The monoisotopic (exact) mass is 228 g/mol. The summed E-state index contributed by atoms with van der Waals surface area (Å²) >= 11 is 5.91. The van der Waals surface area contributed by atoms with Crippen LogP contribution in [-0.2, 0) is 4.84 Å². The van der Waals surface area contributed by atoms with Gasteiger partial charge in [0.2, 0.25) is 0 Å². The van der Waals surface area contributed by atoms with Crippen LogP contribution in [0.2, 0.25) is 5.02 Å². The van der Waals surface area contributed by atoms with Gasteiger partial charge in [0, 0.05) is 17.8 Å². The number of urea groups is 1. The summed E-state index contributed by atoms with van der Waals surface area (Å²) in [5.41, 5.74) is 1.61. The van der Waals surface area contributed by atoms with Gasteiger partial charge in [0.25, 0.3) is 0 Å². The van der Waals surface area contributed by atoms with E-state index >= 15 is 0 Å². The zero-order chi connectivity index (χ0) is 11.4. The molecule has 4 nitrogen and oxygen atoms in total. The van der Waals surface area contributed by atoms with Gasteiger partial charge < -0.3 is 5.32 Å². The molecule has 0 aromatic heterocycles. The largest absolute Gasteiger partial charge is 0.345 e. The highest BCUT2D eigenvalue weighted by molar-refractivity contribution is 6.31. The lowest BCUT2D eigenvalue weighted by atomic mass is 10.2. The van der Waals surface area contributed by atoms with Crippen molar-refractivity contribution in [2.75, 3.05) is 19.5 Å². The minimum atomic E-state index is -0.350. The van der Waals surface area contributed by atoms with Crippen molar-refractivity contribution in [3.8, 4) is 0 Å². The van der Waals surface area contributed by atoms with Gasteiger partial charge in [0.1, 0.15) is 0 Å². The Morgan fingerprint density at radius 1 is 1.53 bits per heavy atom. The summed E-state index contributed by atoms with van der Waals surface area (Å²) < 4.78 is 0. The van der Waals surface area contributed by atoms with Crippen molar-refractivity contribution in [2.45, 2.75) is 6.92 Å². The van der Waals surface area contributed by atoms with E-state index in [1.165, 1.54) is 14.2 Å². The van der Waals surface area contributed by atoms with Crippen LogP contribution in [0.3, 0.4) is 0 Å². The first kappa shape index (κ1) is 11.8. The lowest BCUT2D eigenvalue weighted by Crippen LogP contribution is -2.30. The summed E-state index contributed by atoms with van der Waals surface area (Å²) in [6.45, 7) is 1.90. The molecule has 5 heteroatoms. The molecule has 0 atom stereocenters. The van der Waals surface area contributed by atoms with Crippen molar-refractivity contribution in [1.82, 2.24) is 5.06 Å². The number of carbonyl (C=O) groups excluding carboxylic acids is 1.